The molecule has 0 atom stereocenters. The van der Waals surface area contributed by atoms with E-state index in [0.29, 0.717) is 29.8 Å². The highest BCUT2D eigenvalue weighted by Crippen LogP contribution is 2.14. The van der Waals surface area contributed by atoms with E-state index in [1.54, 1.807) is 18.2 Å². The third-order valence-corrected chi connectivity index (χ3v) is 2.09. The largest absolute Gasteiger partial charge is 0.465 e. The van der Waals surface area contributed by atoms with E-state index in [4.69, 9.17) is 11.3 Å². The van der Waals surface area contributed by atoms with Crippen LogP contribution in [0.3, 0.4) is 0 Å². The Morgan fingerprint density at radius 3 is 3.00 bits per heavy atom. The van der Waals surface area contributed by atoms with Gasteiger partial charge in [-0.15, -0.1) is 0 Å². The number of hydrogen-bond acceptors (Lipinski definition) is 4. The quantitative estimate of drug-likeness (QED) is 0.167. The number of methoxy groups -OCH3 is 1. The van der Waals surface area contributed by atoms with Gasteiger partial charge in [0.1, 0.15) is 0 Å². The van der Waals surface area contributed by atoms with E-state index >= 15 is 0 Å². The number of esters is 1. The molecule has 1 aromatic rings. The molecule has 0 radical (unpaired) electrons. The fourth-order valence-electron chi connectivity index (χ4n) is 1.25. The first-order valence-electron chi connectivity index (χ1n) is 5.16. The van der Waals surface area contributed by atoms with Crippen LogP contribution < -0.4 is 5.73 Å². The van der Waals surface area contributed by atoms with Gasteiger partial charge in [0, 0.05) is 29.1 Å². The molecular weight excluding hydrogens is 232 g/mol. The molecule has 2 N–H and O–H groups in total. The van der Waals surface area contributed by atoms with Gasteiger partial charge >= 0.3 is 5.97 Å². The standard InChI is InChI=1S/C12H12N4O2/c1-18-12(17)10-6-5-9(8-11(10)13)4-2-3-7-15-16-14/h5-6,8H,3,7,13H2,1H3. The molecule has 0 aliphatic carbocycles. The minimum atomic E-state index is -0.477. The third kappa shape index (κ3) is 3.74. The Balaban J connectivity index is 2.78. The maximum Gasteiger partial charge on any atom is 0.339 e. The highest BCUT2D eigenvalue weighted by Gasteiger charge is 2.09. The molecule has 1 rings (SSSR count). The normalized spacial score (nSPS) is 8.72. The van der Waals surface area contributed by atoms with Crippen molar-refractivity contribution in [3.8, 4) is 11.8 Å². The van der Waals surface area contributed by atoms with Crippen LogP contribution in [0.15, 0.2) is 23.3 Å². The summed E-state index contributed by atoms with van der Waals surface area (Å²) in [6, 6.07) is 4.86. The van der Waals surface area contributed by atoms with E-state index in [1.165, 1.54) is 7.11 Å². The number of benzene rings is 1. The predicted molar refractivity (Wildman–Crippen MR) is 67.7 cm³/mol. The van der Waals surface area contributed by atoms with Gasteiger partial charge in [0.25, 0.3) is 0 Å². The van der Waals surface area contributed by atoms with E-state index < -0.39 is 5.97 Å². The van der Waals surface area contributed by atoms with Crippen LogP contribution in [0.25, 0.3) is 10.4 Å². The lowest BCUT2D eigenvalue weighted by Crippen LogP contribution is -2.05. The molecule has 0 saturated heterocycles. The topological polar surface area (TPSA) is 101 Å². The number of nitrogen functional groups attached to an aromatic ring is 1. The van der Waals surface area contributed by atoms with Gasteiger partial charge in [0.05, 0.1) is 12.7 Å². The Bertz CT molecular complexity index is 551. The number of carbonyl (C=O) groups excluding carboxylic acids is 1. The van der Waals surface area contributed by atoms with Gasteiger partial charge in [-0.25, -0.2) is 4.79 Å². The fraction of sp³-hybridized carbons (Fsp3) is 0.250. The summed E-state index contributed by atoms with van der Waals surface area (Å²) in [7, 11) is 1.30. The van der Waals surface area contributed by atoms with Crippen molar-refractivity contribution < 1.29 is 9.53 Å². The molecule has 0 spiro atoms. The third-order valence-electron chi connectivity index (χ3n) is 2.09. The van der Waals surface area contributed by atoms with E-state index in [0.717, 1.165) is 0 Å². The molecule has 6 nitrogen and oxygen atoms in total. The van der Waals surface area contributed by atoms with Crippen molar-refractivity contribution in [1.82, 2.24) is 0 Å². The Labute approximate surface area is 104 Å². The number of rotatable bonds is 3. The second-order valence-corrected chi connectivity index (χ2v) is 3.30. The first-order chi connectivity index (χ1) is 8.69. The molecule has 0 amide bonds. The summed E-state index contributed by atoms with van der Waals surface area (Å²) in [6.45, 7) is 0.333. The lowest BCUT2D eigenvalue weighted by molar-refractivity contribution is 0.0602. The summed E-state index contributed by atoms with van der Waals surface area (Å²) >= 11 is 0. The summed E-state index contributed by atoms with van der Waals surface area (Å²) in [4.78, 5) is 13.9. The van der Waals surface area contributed by atoms with Gasteiger partial charge in [-0.3, -0.25) is 0 Å². The van der Waals surface area contributed by atoms with Crippen LogP contribution in [-0.4, -0.2) is 19.6 Å². The van der Waals surface area contributed by atoms with E-state index in [1.807, 2.05) is 0 Å². The van der Waals surface area contributed by atoms with Crippen LogP contribution in [0.2, 0.25) is 0 Å². The van der Waals surface area contributed by atoms with Crippen molar-refractivity contribution in [3.05, 3.63) is 39.8 Å². The van der Waals surface area contributed by atoms with Gasteiger partial charge in [-0.1, -0.05) is 17.0 Å². The molecule has 0 heterocycles. The zero-order chi connectivity index (χ0) is 13.4. The molecule has 0 unspecified atom stereocenters. The van der Waals surface area contributed by atoms with Crippen LogP contribution >= 0.6 is 0 Å². The predicted octanol–water partition coefficient (Wildman–Crippen LogP) is 2.11. The summed E-state index contributed by atoms with van der Waals surface area (Å²) in [6.07, 6.45) is 0.475. The smallest absolute Gasteiger partial charge is 0.339 e. The maximum absolute atomic E-state index is 11.3. The number of nitrogens with two attached hydrogens (primary N) is 1. The summed E-state index contributed by atoms with van der Waals surface area (Å²) in [5.41, 5.74) is 15.1. The van der Waals surface area contributed by atoms with Crippen LogP contribution in [0.5, 0.6) is 0 Å². The maximum atomic E-state index is 11.3. The Kier molecular flexibility index (Phi) is 5.10. The molecular formula is C12H12N4O2. The molecule has 1 aromatic carbocycles. The summed E-state index contributed by atoms with van der Waals surface area (Å²) < 4.78 is 4.58. The molecule has 0 aromatic heterocycles. The average Bonchev–Trinajstić information content (AvgIpc) is 2.38. The molecule has 0 aliphatic rings. The monoisotopic (exact) mass is 244 g/mol. The SMILES string of the molecule is COC(=O)c1ccc(C#CCCN=[N+]=[N-])cc1N. The minimum Gasteiger partial charge on any atom is -0.465 e. The highest BCUT2D eigenvalue weighted by molar-refractivity contribution is 5.95. The highest BCUT2D eigenvalue weighted by atomic mass is 16.5. The van der Waals surface area contributed by atoms with Crippen molar-refractivity contribution in [1.29, 1.82) is 0 Å². The number of nitrogens with zero attached hydrogens (tertiary/aromatic N) is 3. The van der Waals surface area contributed by atoms with Crippen molar-refractivity contribution >= 4 is 11.7 Å². The Morgan fingerprint density at radius 2 is 2.39 bits per heavy atom. The fourth-order valence-corrected chi connectivity index (χ4v) is 1.25. The van der Waals surface area contributed by atoms with Gasteiger partial charge in [0.2, 0.25) is 0 Å². The molecule has 0 aliphatic heterocycles. The average molecular weight is 244 g/mol. The van der Waals surface area contributed by atoms with Crippen LogP contribution in [0.1, 0.15) is 22.3 Å². The van der Waals surface area contributed by atoms with Crippen molar-refractivity contribution in [2.45, 2.75) is 6.42 Å². The number of anilines is 1. The Hall–Kier alpha value is -2.64. The van der Waals surface area contributed by atoms with Crippen molar-refractivity contribution in [2.75, 3.05) is 19.4 Å². The number of hydrogen-bond donors (Lipinski definition) is 1. The molecule has 6 heteroatoms. The van der Waals surface area contributed by atoms with Crippen LogP contribution in [0, 0.1) is 11.8 Å². The molecule has 0 bridgehead atoms. The second kappa shape index (κ2) is 6.84. The van der Waals surface area contributed by atoms with Crippen LogP contribution in [-0.2, 0) is 4.74 Å². The lowest BCUT2D eigenvalue weighted by atomic mass is 10.1. The number of ether oxygens (including phenoxy) is 1. The molecule has 0 saturated carbocycles. The number of azide groups is 1. The summed E-state index contributed by atoms with van der Waals surface area (Å²) in [5.74, 6) is 5.23. The minimum absolute atomic E-state index is 0.317. The van der Waals surface area contributed by atoms with Gasteiger partial charge in [0.15, 0.2) is 0 Å². The van der Waals surface area contributed by atoms with E-state index in [9.17, 15) is 4.79 Å². The second-order valence-electron chi connectivity index (χ2n) is 3.30. The van der Waals surface area contributed by atoms with E-state index in [2.05, 4.69) is 26.6 Å². The van der Waals surface area contributed by atoms with E-state index in [-0.39, 0.29) is 0 Å². The van der Waals surface area contributed by atoms with Crippen LogP contribution in [0.4, 0.5) is 5.69 Å². The molecule has 0 fully saturated rings. The van der Waals surface area contributed by atoms with Crippen molar-refractivity contribution in [2.24, 2.45) is 5.11 Å². The van der Waals surface area contributed by atoms with Gasteiger partial charge < -0.3 is 10.5 Å². The number of carbonyl (C=O) groups is 1. The van der Waals surface area contributed by atoms with Crippen molar-refractivity contribution in [3.63, 3.8) is 0 Å². The van der Waals surface area contributed by atoms with Gasteiger partial charge in [-0.05, 0) is 23.7 Å². The molecule has 92 valence electrons. The first-order valence-corrected chi connectivity index (χ1v) is 5.16. The first kappa shape index (κ1) is 13.4. The Morgan fingerprint density at radius 1 is 1.61 bits per heavy atom. The molecule has 18 heavy (non-hydrogen) atoms. The zero-order valence-corrected chi connectivity index (χ0v) is 9.88. The zero-order valence-electron chi connectivity index (χ0n) is 9.88. The van der Waals surface area contributed by atoms with Gasteiger partial charge in [-0.2, -0.15) is 0 Å². The lowest BCUT2D eigenvalue weighted by Gasteiger charge is -2.03. The summed E-state index contributed by atoms with van der Waals surface area (Å²) in [5, 5.41) is 3.36.